The summed E-state index contributed by atoms with van der Waals surface area (Å²) in [4.78, 5) is 26.5. The fraction of sp³-hybridized carbons (Fsp3) is 0.182. The molecule has 2 aromatic heterocycles. The zero-order valence-electron chi connectivity index (χ0n) is 10.2. The average Bonchev–Trinajstić information content (AvgIpc) is 2.97. The molecule has 0 unspecified atom stereocenters. The number of aromatic carboxylic acids is 1. The molecule has 20 heavy (non-hydrogen) atoms. The first-order chi connectivity index (χ1) is 9.40. The van der Waals surface area contributed by atoms with Crippen LogP contribution in [0.15, 0.2) is 11.4 Å². The highest BCUT2D eigenvalue weighted by Crippen LogP contribution is 2.25. The van der Waals surface area contributed by atoms with Gasteiger partial charge in [-0.1, -0.05) is 23.2 Å². The number of thiazole rings is 1. The summed E-state index contributed by atoms with van der Waals surface area (Å²) in [6.07, 6.45) is 0. The molecular formula is C11H9Cl2N3O3S. The Balaban J connectivity index is 2.04. The standard InChI is InChI=1S/C11H9Cl2N3O3S/c1-16-7(2-5(12)9(16)13)10(17)14-3-8-15-6(4-20-8)11(18)19/h2,4H,3H2,1H3,(H,14,17)(H,18,19). The van der Waals surface area contributed by atoms with E-state index in [0.29, 0.717) is 15.7 Å². The number of aromatic nitrogens is 2. The molecule has 106 valence electrons. The van der Waals surface area contributed by atoms with E-state index in [1.807, 2.05) is 0 Å². The normalized spacial score (nSPS) is 10.6. The van der Waals surface area contributed by atoms with Crippen molar-refractivity contribution in [3.8, 4) is 0 Å². The van der Waals surface area contributed by atoms with E-state index < -0.39 is 5.97 Å². The number of carboxylic acids is 1. The minimum atomic E-state index is -1.10. The minimum absolute atomic E-state index is 0.0378. The molecule has 0 aliphatic heterocycles. The van der Waals surface area contributed by atoms with E-state index in [1.165, 1.54) is 16.0 Å². The van der Waals surface area contributed by atoms with Crippen LogP contribution >= 0.6 is 34.5 Å². The van der Waals surface area contributed by atoms with Crippen LogP contribution in [0.3, 0.4) is 0 Å². The molecule has 6 nitrogen and oxygen atoms in total. The molecule has 9 heteroatoms. The van der Waals surface area contributed by atoms with Gasteiger partial charge >= 0.3 is 5.97 Å². The van der Waals surface area contributed by atoms with Gasteiger partial charge in [-0.2, -0.15) is 0 Å². The van der Waals surface area contributed by atoms with Gasteiger partial charge in [0.2, 0.25) is 0 Å². The Labute approximate surface area is 128 Å². The third-order valence-electron chi connectivity index (χ3n) is 2.52. The molecule has 0 aliphatic rings. The van der Waals surface area contributed by atoms with E-state index in [4.69, 9.17) is 28.3 Å². The Morgan fingerprint density at radius 1 is 1.50 bits per heavy atom. The number of carboxylic acid groups (broad SMARTS) is 1. The van der Waals surface area contributed by atoms with Gasteiger partial charge in [0.1, 0.15) is 15.9 Å². The first kappa shape index (κ1) is 14.8. The topological polar surface area (TPSA) is 84.2 Å². The molecule has 2 heterocycles. The maximum absolute atomic E-state index is 12.0. The van der Waals surface area contributed by atoms with Gasteiger partial charge in [0.05, 0.1) is 11.6 Å². The highest BCUT2D eigenvalue weighted by Gasteiger charge is 2.16. The van der Waals surface area contributed by atoms with Gasteiger partial charge in [-0.05, 0) is 6.07 Å². The van der Waals surface area contributed by atoms with Crippen LogP contribution in [0, 0.1) is 0 Å². The highest BCUT2D eigenvalue weighted by molar-refractivity contribution is 7.09. The van der Waals surface area contributed by atoms with Gasteiger partial charge < -0.3 is 15.0 Å². The van der Waals surface area contributed by atoms with E-state index >= 15 is 0 Å². The van der Waals surface area contributed by atoms with Crippen molar-refractivity contribution in [1.82, 2.24) is 14.9 Å². The molecule has 1 amide bonds. The smallest absolute Gasteiger partial charge is 0.355 e. The predicted octanol–water partition coefficient (Wildman–Crippen LogP) is 2.42. The minimum Gasteiger partial charge on any atom is -0.476 e. The number of amides is 1. The third-order valence-corrected chi connectivity index (χ3v) is 4.21. The van der Waals surface area contributed by atoms with Crippen molar-refractivity contribution in [2.75, 3.05) is 0 Å². The lowest BCUT2D eigenvalue weighted by Gasteiger charge is -2.04. The summed E-state index contributed by atoms with van der Waals surface area (Å²) < 4.78 is 1.46. The summed E-state index contributed by atoms with van der Waals surface area (Å²) in [5.74, 6) is -1.46. The molecule has 0 saturated carbocycles. The maximum atomic E-state index is 12.0. The van der Waals surface area contributed by atoms with Crippen LogP contribution < -0.4 is 5.32 Å². The Kier molecular flexibility index (Phi) is 4.32. The molecule has 0 aliphatic carbocycles. The highest BCUT2D eigenvalue weighted by atomic mass is 35.5. The summed E-state index contributed by atoms with van der Waals surface area (Å²) >= 11 is 12.9. The summed E-state index contributed by atoms with van der Waals surface area (Å²) in [5.41, 5.74) is 0.277. The molecule has 0 radical (unpaired) electrons. The molecule has 0 spiro atoms. The van der Waals surface area contributed by atoms with E-state index in [9.17, 15) is 9.59 Å². The van der Waals surface area contributed by atoms with Crippen LogP contribution in [0.2, 0.25) is 10.2 Å². The van der Waals surface area contributed by atoms with Crippen molar-refractivity contribution < 1.29 is 14.7 Å². The zero-order valence-corrected chi connectivity index (χ0v) is 12.5. The summed E-state index contributed by atoms with van der Waals surface area (Å²) in [7, 11) is 1.62. The average molecular weight is 334 g/mol. The fourth-order valence-corrected chi connectivity index (χ4v) is 2.58. The molecule has 0 fully saturated rings. The van der Waals surface area contributed by atoms with Gasteiger partial charge in [0, 0.05) is 12.4 Å². The molecule has 0 atom stereocenters. The number of rotatable bonds is 4. The molecule has 2 N–H and O–H groups in total. The van der Waals surface area contributed by atoms with Gasteiger partial charge in [-0.25, -0.2) is 9.78 Å². The first-order valence-corrected chi connectivity index (χ1v) is 7.00. The Bertz CT molecular complexity index is 681. The van der Waals surface area contributed by atoms with Crippen molar-refractivity contribution in [3.63, 3.8) is 0 Å². The van der Waals surface area contributed by atoms with Gasteiger partial charge in [-0.15, -0.1) is 11.3 Å². The van der Waals surface area contributed by atoms with Crippen LogP contribution in [0.25, 0.3) is 0 Å². The molecule has 0 aromatic carbocycles. The maximum Gasteiger partial charge on any atom is 0.355 e. The van der Waals surface area contributed by atoms with Crippen molar-refractivity contribution in [2.24, 2.45) is 7.05 Å². The van der Waals surface area contributed by atoms with Gasteiger partial charge in [-0.3, -0.25) is 4.79 Å². The summed E-state index contributed by atoms with van der Waals surface area (Å²) in [6, 6.07) is 1.46. The lowest BCUT2D eigenvalue weighted by Crippen LogP contribution is -2.24. The number of hydrogen-bond donors (Lipinski definition) is 2. The number of carbonyl (C=O) groups excluding carboxylic acids is 1. The number of hydrogen-bond acceptors (Lipinski definition) is 4. The molecule has 0 bridgehead atoms. The SMILES string of the molecule is Cn1c(C(=O)NCc2nc(C(=O)O)cs2)cc(Cl)c1Cl. The second-order valence-corrected chi connectivity index (χ2v) is 5.55. The monoisotopic (exact) mass is 333 g/mol. The summed E-state index contributed by atoms with van der Waals surface area (Å²) in [6.45, 7) is 0.136. The van der Waals surface area contributed by atoms with E-state index in [0.717, 1.165) is 11.3 Å². The van der Waals surface area contributed by atoms with Crippen LogP contribution in [-0.2, 0) is 13.6 Å². The van der Waals surface area contributed by atoms with Crippen LogP contribution in [-0.4, -0.2) is 26.5 Å². The molecule has 2 rings (SSSR count). The number of carbonyl (C=O) groups is 2. The lowest BCUT2D eigenvalue weighted by atomic mass is 10.4. The van der Waals surface area contributed by atoms with Gasteiger partial charge in [0.25, 0.3) is 5.91 Å². The first-order valence-electron chi connectivity index (χ1n) is 5.36. The summed E-state index contributed by atoms with van der Waals surface area (Å²) in [5, 5.41) is 13.9. The number of nitrogens with zero attached hydrogens (tertiary/aromatic N) is 2. The van der Waals surface area contributed by atoms with E-state index in [2.05, 4.69) is 10.3 Å². The van der Waals surface area contributed by atoms with E-state index in [-0.39, 0.29) is 23.3 Å². The largest absolute Gasteiger partial charge is 0.476 e. The van der Waals surface area contributed by atoms with Crippen LogP contribution in [0.5, 0.6) is 0 Å². The van der Waals surface area contributed by atoms with Crippen LogP contribution in [0.1, 0.15) is 26.0 Å². The second-order valence-electron chi connectivity index (χ2n) is 3.84. The molecular weight excluding hydrogens is 325 g/mol. The Morgan fingerprint density at radius 3 is 2.70 bits per heavy atom. The Hall–Kier alpha value is -1.57. The van der Waals surface area contributed by atoms with Gasteiger partial charge in [0.15, 0.2) is 5.69 Å². The molecule has 0 saturated heterocycles. The van der Waals surface area contributed by atoms with Crippen molar-refractivity contribution >= 4 is 46.4 Å². The van der Waals surface area contributed by atoms with Crippen LogP contribution in [0.4, 0.5) is 0 Å². The van der Waals surface area contributed by atoms with Crippen molar-refractivity contribution in [3.05, 3.63) is 38.0 Å². The lowest BCUT2D eigenvalue weighted by molar-refractivity contribution is 0.0691. The predicted molar refractivity (Wildman–Crippen MR) is 75.7 cm³/mol. The Morgan fingerprint density at radius 2 is 2.20 bits per heavy atom. The van der Waals surface area contributed by atoms with E-state index in [1.54, 1.807) is 7.05 Å². The second kappa shape index (κ2) is 5.82. The third kappa shape index (κ3) is 2.95. The zero-order chi connectivity index (χ0) is 14.9. The van der Waals surface area contributed by atoms with Crippen molar-refractivity contribution in [2.45, 2.75) is 6.54 Å². The molecule has 2 aromatic rings. The number of nitrogens with one attached hydrogen (secondary N) is 1. The fourth-order valence-electron chi connectivity index (χ4n) is 1.50. The number of halogens is 2. The van der Waals surface area contributed by atoms with Crippen molar-refractivity contribution in [1.29, 1.82) is 0 Å². The quantitative estimate of drug-likeness (QED) is 0.899.